The molecule has 1 aliphatic rings. The van der Waals surface area contributed by atoms with Gasteiger partial charge in [-0.3, -0.25) is 4.90 Å². The average Bonchev–Trinajstić information content (AvgIpc) is 2.71. The number of piperidine rings is 1. The maximum Gasteiger partial charge on any atom is 0.0242 e. The molecule has 0 bridgehead atoms. The van der Waals surface area contributed by atoms with E-state index in [1.54, 1.807) is 11.3 Å². The zero-order valence-corrected chi connectivity index (χ0v) is 10.2. The summed E-state index contributed by atoms with van der Waals surface area (Å²) in [6, 6.07) is 2.24. The van der Waals surface area contributed by atoms with Gasteiger partial charge in [0, 0.05) is 13.1 Å². The molecule has 2 heterocycles. The minimum Gasteiger partial charge on any atom is -0.319 e. The van der Waals surface area contributed by atoms with E-state index < -0.39 is 0 Å². The second-order valence-electron chi connectivity index (χ2n) is 4.43. The Morgan fingerprint density at radius 2 is 2.53 bits per heavy atom. The van der Waals surface area contributed by atoms with Crippen LogP contribution in [0.25, 0.3) is 0 Å². The minimum absolute atomic E-state index is 0.849. The van der Waals surface area contributed by atoms with Crippen LogP contribution in [0.2, 0.25) is 0 Å². The van der Waals surface area contributed by atoms with E-state index in [1.165, 1.54) is 38.0 Å². The van der Waals surface area contributed by atoms with Gasteiger partial charge in [-0.05, 0) is 61.3 Å². The smallest absolute Gasteiger partial charge is 0.0242 e. The standard InChI is InChI=1S/C12H20N2S/c1-13-7-11-3-2-5-14(8-11)9-12-4-6-15-10-12/h4,6,10-11,13H,2-3,5,7-9H2,1H3. The van der Waals surface area contributed by atoms with Crippen molar-refractivity contribution >= 4 is 11.3 Å². The zero-order valence-electron chi connectivity index (χ0n) is 9.41. The summed E-state index contributed by atoms with van der Waals surface area (Å²) in [6.07, 6.45) is 2.75. The van der Waals surface area contributed by atoms with Gasteiger partial charge in [-0.15, -0.1) is 0 Å². The van der Waals surface area contributed by atoms with Gasteiger partial charge < -0.3 is 5.32 Å². The summed E-state index contributed by atoms with van der Waals surface area (Å²) in [5.74, 6) is 0.849. The monoisotopic (exact) mass is 224 g/mol. The molecule has 1 unspecified atom stereocenters. The molecular weight excluding hydrogens is 204 g/mol. The fraction of sp³-hybridized carbons (Fsp3) is 0.667. The zero-order chi connectivity index (χ0) is 10.5. The molecule has 1 saturated heterocycles. The van der Waals surface area contributed by atoms with E-state index in [1.807, 2.05) is 0 Å². The SMILES string of the molecule is CNCC1CCCN(Cc2ccsc2)C1. The highest BCUT2D eigenvalue weighted by Crippen LogP contribution is 2.18. The predicted molar refractivity (Wildman–Crippen MR) is 66.2 cm³/mol. The van der Waals surface area contributed by atoms with Crippen molar-refractivity contribution in [1.82, 2.24) is 10.2 Å². The highest BCUT2D eigenvalue weighted by molar-refractivity contribution is 7.07. The van der Waals surface area contributed by atoms with Crippen molar-refractivity contribution in [2.24, 2.45) is 5.92 Å². The molecule has 0 radical (unpaired) electrons. The minimum atomic E-state index is 0.849. The third kappa shape index (κ3) is 3.30. The van der Waals surface area contributed by atoms with Crippen LogP contribution < -0.4 is 5.32 Å². The van der Waals surface area contributed by atoms with Gasteiger partial charge in [0.1, 0.15) is 0 Å². The summed E-state index contributed by atoms with van der Waals surface area (Å²) in [5.41, 5.74) is 1.48. The van der Waals surface area contributed by atoms with Crippen LogP contribution in [0.5, 0.6) is 0 Å². The molecule has 3 heteroatoms. The molecule has 1 aromatic rings. The molecule has 1 fully saturated rings. The van der Waals surface area contributed by atoms with Gasteiger partial charge in [0.15, 0.2) is 0 Å². The van der Waals surface area contributed by atoms with E-state index in [2.05, 4.69) is 34.1 Å². The molecular formula is C12H20N2S. The van der Waals surface area contributed by atoms with Gasteiger partial charge >= 0.3 is 0 Å². The summed E-state index contributed by atoms with van der Waals surface area (Å²) in [5, 5.41) is 7.73. The largest absolute Gasteiger partial charge is 0.319 e. The number of likely N-dealkylation sites (tertiary alicyclic amines) is 1. The normalized spacial score (nSPS) is 23.1. The maximum atomic E-state index is 3.29. The fourth-order valence-electron chi connectivity index (χ4n) is 2.39. The molecule has 1 atom stereocenters. The molecule has 1 aromatic heterocycles. The molecule has 0 amide bonds. The van der Waals surface area contributed by atoms with Crippen molar-refractivity contribution in [2.75, 3.05) is 26.7 Å². The molecule has 0 saturated carbocycles. The third-order valence-electron chi connectivity index (χ3n) is 3.08. The van der Waals surface area contributed by atoms with Crippen LogP contribution in [-0.2, 0) is 6.54 Å². The van der Waals surface area contributed by atoms with Crippen LogP contribution in [0.4, 0.5) is 0 Å². The van der Waals surface area contributed by atoms with E-state index in [0.29, 0.717) is 0 Å². The van der Waals surface area contributed by atoms with Crippen molar-refractivity contribution < 1.29 is 0 Å². The molecule has 0 spiro atoms. The molecule has 2 nitrogen and oxygen atoms in total. The summed E-state index contributed by atoms with van der Waals surface area (Å²) in [4.78, 5) is 2.59. The Hall–Kier alpha value is -0.380. The lowest BCUT2D eigenvalue weighted by atomic mass is 9.98. The van der Waals surface area contributed by atoms with Gasteiger partial charge in [-0.1, -0.05) is 0 Å². The summed E-state index contributed by atoms with van der Waals surface area (Å²) < 4.78 is 0. The van der Waals surface area contributed by atoms with Crippen molar-refractivity contribution in [3.8, 4) is 0 Å². The molecule has 84 valence electrons. The first-order valence-electron chi connectivity index (χ1n) is 5.76. The van der Waals surface area contributed by atoms with Crippen LogP contribution in [0.3, 0.4) is 0 Å². The quantitative estimate of drug-likeness (QED) is 0.843. The number of hydrogen-bond donors (Lipinski definition) is 1. The summed E-state index contributed by atoms with van der Waals surface area (Å²) in [6.45, 7) is 4.84. The molecule has 1 N–H and O–H groups in total. The molecule has 2 rings (SSSR count). The van der Waals surface area contributed by atoms with Gasteiger partial charge in [-0.25, -0.2) is 0 Å². The number of hydrogen-bond acceptors (Lipinski definition) is 3. The Balaban J connectivity index is 1.82. The van der Waals surface area contributed by atoms with Gasteiger partial charge in [0.25, 0.3) is 0 Å². The maximum absolute atomic E-state index is 3.29. The van der Waals surface area contributed by atoms with Crippen molar-refractivity contribution in [1.29, 1.82) is 0 Å². The van der Waals surface area contributed by atoms with Gasteiger partial charge in [-0.2, -0.15) is 11.3 Å². The van der Waals surface area contributed by atoms with Gasteiger partial charge in [0.05, 0.1) is 0 Å². The van der Waals surface area contributed by atoms with Crippen molar-refractivity contribution in [3.05, 3.63) is 22.4 Å². The van der Waals surface area contributed by atoms with E-state index >= 15 is 0 Å². The average molecular weight is 224 g/mol. The topological polar surface area (TPSA) is 15.3 Å². The summed E-state index contributed by atoms with van der Waals surface area (Å²) >= 11 is 1.80. The molecule has 0 aliphatic carbocycles. The van der Waals surface area contributed by atoms with E-state index in [-0.39, 0.29) is 0 Å². The Bertz CT molecular complexity index is 269. The Labute approximate surface area is 96.3 Å². The number of thiophene rings is 1. The predicted octanol–water partition coefficient (Wildman–Crippen LogP) is 2.18. The first-order valence-corrected chi connectivity index (χ1v) is 6.71. The van der Waals surface area contributed by atoms with E-state index in [4.69, 9.17) is 0 Å². The second kappa shape index (κ2) is 5.64. The highest BCUT2D eigenvalue weighted by atomic mass is 32.1. The molecule has 1 aliphatic heterocycles. The lowest BCUT2D eigenvalue weighted by Crippen LogP contribution is -2.38. The van der Waals surface area contributed by atoms with Gasteiger partial charge in [0.2, 0.25) is 0 Å². The van der Waals surface area contributed by atoms with Crippen LogP contribution in [-0.4, -0.2) is 31.6 Å². The molecule has 15 heavy (non-hydrogen) atoms. The van der Waals surface area contributed by atoms with E-state index in [9.17, 15) is 0 Å². The van der Waals surface area contributed by atoms with Crippen molar-refractivity contribution in [3.63, 3.8) is 0 Å². The Morgan fingerprint density at radius 1 is 1.60 bits per heavy atom. The third-order valence-corrected chi connectivity index (χ3v) is 3.81. The first kappa shape index (κ1) is 11.1. The van der Waals surface area contributed by atoms with Crippen LogP contribution >= 0.6 is 11.3 Å². The van der Waals surface area contributed by atoms with Crippen LogP contribution in [0, 0.1) is 5.92 Å². The van der Waals surface area contributed by atoms with E-state index in [0.717, 1.165) is 12.5 Å². The number of nitrogens with one attached hydrogen (secondary N) is 1. The lowest BCUT2D eigenvalue weighted by molar-refractivity contribution is 0.167. The first-order chi connectivity index (χ1) is 7.38. The van der Waals surface area contributed by atoms with Crippen molar-refractivity contribution in [2.45, 2.75) is 19.4 Å². The highest BCUT2D eigenvalue weighted by Gasteiger charge is 2.19. The second-order valence-corrected chi connectivity index (χ2v) is 5.21. The molecule has 0 aromatic carbocycles. The number of rotatable bonds is 4. The van der Waals surface area contributed by atoms with Crippen LogP contribution in [0.15, 0.2) is 16.8 Å². The number of nitrogens with zero attached hydrogens (tertiary/aromatic N) is 1. The van der Waals surface area contributed by atoms with Crippen LogP contribution in [0.1, 0.15) is 18.4 Å². The lowest BCUT2D eigenvalue weighted by Gasteiger charge is -2.32. The summed E-state index contributed by atoms with van der Waals surface area (Å²) in [7, 11) is 2.05. The fourth-order valence-corrected chi connectivity index (χ4v) is 3.05. The Kier molecular flexibility index (Phi) is 4.18. The Morgan fingerprint density at radius 3 is 3.27 bits per heavy atom.